The fraction of sp³-hybridized carbons (Fsp3) is 0.273. The zero-order valence-electron chi connectivity index (χ0n) is 9.39. The second-order valence-electron chi connectivity index (χ2n) is 4.48. The number of benzene rings is 1. The first-order valence-electron chi connectivity index (χ1n) is 5.16. The SMILES string of the molecule is C[Si](C)(Cn1cncn1)c1ccc(Cl)cc1. The number of hydrogen-bond donors (Lipinski definition) is 0. The van der Waals surface area contributed by atoms with Crippen molar-refractivity contribution in [2.45, 2.75) is 19.3 Å². The highest BCUT2D eigenvalue weighted by molar-refractivity contribution is 6.88. The Bertz CT molecular complexity index is 451. The zero-order chi connectivity index (χ0) is 11.6. The van der Waals surface area contributed by atoms with Crippen molar-refractivity contribution in [3.05, 3.63) is 41.9 Å². The fourth-order valence-corrected chi connectivity index (χ4v) is 4.06. The summed E-state index contributed by atoms with van der Waals surface area (Å²) in [5.74, 6) is 0. The third-order valence-electron chi connectivity index (χ3n) is 2.65. The van der Waals surface area contributed by atoms with E-state index >= 15 is 0 Å². The van der Waals surface area contributed by atoms with Crippen LogP contribution in [-0.4, -0.2) is 22.8 Å². The summed E-state index contributed by atoms with van der Waals surface area (Å²) in [5, 5.41) is 6.33. The topological polar surface area (TPSA) is 30.7 Å². The van der Waals surface area contributed by atoms with Crippen molar-refractivity contribution in [1.29, 1.82) is 0 Å². The normalized spacial score (nSPS) is 11.7. The molecule has 5 heteroatoms. The van der Waals surface area contributed by atoms with Crippen LogP contribution in [0.15, 0.2) is 36.9 Å². The van der Waals surface area contributed by atoms with Crippen LogP contribution in [0.25, 0.3) is 0 Å². The predicted octanol–water partition coefficient (Wildman–Crippen LogP) is 2.09. The van der Waals surface area contributed by atoms with Crippen molar-refractivity contribution >= 4 is 24.9 Å². The van der Waals surface area contributed by atoms with E-state index in [1.165, 1.54) is 5.19 Å². The molecule has 1 heterocycles. The molecule has 0 unspecified atom stereocenters. The predicted molar refractivity (Wildman–Crippen MR) is 68.6 cm³/mol. The maximum Gasteiger partial charge on any atom is 0.137 e. The molecule has 0 saturated carbocycles. The molecule has 0 fully saturated rings. The van der Waals surface area contributed by atoms with E-state index < -0.39 is 8.07 Å². The Hall–Kier alpha value is -1.13. The molecule has 84 valence electrons. The summed E-state index contributed by atoms with van der Waals surface area (Å²) in [6, 6.07) is 8.14. The number of rotatable bonds is 3. The molecule has 1 aromatic carbocycles. The molecule has 16 heavy (non-hydrogen) atoms. The fourth-order valence-electron chi connectivity index (χ4n) is 1.71. The lowest BCUT2D eigenvalue weighted by Crippen LogP contribution is -2.45. The second kappa shape index (κ2) is 4.39. The smallest absolute Gasteiger partial charge is 0.137 e. The van der Waals surface area contributed by atoms with Crippen LogP contribution in [0.5, 0.6) is 0 Å². The van der Waals surface area contributed by atoms with Crippen LogP contribution in [0.3, 0.4) is 0 Å². The van der Waals surface area contributed by atoms with Gasteiger partial charge in [0.2, 0.25) is 0 Å². The minimum atomic E-state index is -1.51. The van der Waals surface area contributed by atoms with Crippen molar-refractivity contribution in [2.75, 3.05) is 0 Å². The molecule has 0 aliphatic rings. The van der Waals surface area contributed by atoms with E-state index in [-0.39, 0.29) is 0 Å². The van der Waals surface area contributed by atoms with Gasteiger partial charge in [-0.25, -0.2) is 4.98 Å². The van der Waals surface area contributed by atoms with E-state index in [9.17, 15) is 0 Å². The number of halogens is 1. The van der Waals surface area contributed by atoms with Crippen LogP contribution in [-0.2, 0) is 6.17 Å². The van der Waals surface area contributed by atoms with E-state index in [0.717, 1.165) is 11.2 Å². The lowest BCUT2D eigenvalue weighted by Gasteiger charge is -2.22. The molecule has 0 aliphatic heterocycles. The first-order valence-corrected chi connectivity index (χ1v) is 8.75. The molecule has 0 aliphatic carbocycles. The van der Waals surface area contributed by atoms with Gasteiger partial charge in [-0.2, -0.15) is 5.10 Å². The standard InChI is InChI=1S/C11H14ClN3Si/c1-16(2,9-15-8-13-7-14-15)11-5-3-10(12)4-6-11/h3-8H,9H2,1-2H3. The van der Waals surface area contributed by atoms with Crippen molar-refractivity contribution in [2.24, 2.45) is 0 Å². The summed E-state index contributed by atoms with van der Waals surface area (Å²) in [4.78, 5) is 3.97. The highest BCUT2D eigenvalue weighted by Gasteiger charge is 2.24. The Morgan fingerprint density at radius 1 is 1.25 bits per heavy atom. The van der Waals surface area contributed by atoms with Crippen LogP contribution in [0, 0.1) is 0 Å². The molecule has 1 aromatic heterocycles. The van der Waals surface area contributed by atoms with Gasteiger partial charge in [-0.05, 0) is 12.1 Å². The van der Waals surface area contributed by atoms with Crippen molar-refractivity contribution < 1.29 is 0 Å². The molecule has 0 spiro atoms. The van der Waals surface area contributed by atoms with Crippen LogP contribution in [0.2, 0.25) is 18.1 Å². The Kier molecular flexibility index (Phi) is 3.12. The second-order valence-corrected chi connectivity index (χ2v) is 9.58. The van der Waals surface area contributed by atoms with Crippen LogP contribution in [0.4, 0.5) is 0 Å². The summed E-state index contributed by atoms with van der Waals surface area (Å²) in [7, 11) is -1.51. The highest BCUT2D eigenvalue weighted by atomic mass is 35.5. The lowest BCUT2D eigenvalue weighted by atomic mass is 10.4. The maximum absolute atomic E-state index is 5.89. The van der Waals surface area contributed by atoms with E-state index in [1.807, 2.05) is 16.8 Å². The van der Waals surface area contributed by atoms with E-state index in [1.54, 1.807) is 12.7 Å². The summed E-state index contributed by atoms with van der Waals surface area (Å²) >= 11 is 5.89. The van der Waals surface area contributed by atoms with Crippen LogP contribution in [0.1, 0.15) is 0 Å². The number of aromatic nitrogens is 3. The molecule has 0 saturated heterocycles. The maximum atomic E-state index is 5.89. The molecule has 0 amide bonds. The van der Waals surface area contributed by atoms with Gasteiger partial charge in [0.15, 0.2) is 0 Å². The number of hydrogen-bond acceptors (Lipinski definition) is 2. The van der Waals surface area contributed by atoms with E-state index in [4.69, 9.17) is 11.6 Å². The van der Waals surface area contributed by atoms with Crippen molar-refractivity contribution in [1.82, 2.24) is 14.8 Å². The van der Waals surface area contributed by atoms with Gasteiger partial charge < -0.3 is 0 Å². The van der Waals surface area contributed by atoms with Crippen LogP contribution < -0.4 is 5.19 Å². The third-order valence-corrected chi connectivity index (χ3v) is 5.91. The molecular weight excluding hydrogens is 238 g/mol. The molecule has 0 atom stereocenters. The summed E-state index contributed by atoms with van der Waals surface area (Å²) in [6.07, 6.45) is 4.28. The molecule has 2 aromatic rings. The first-order chi connectivity index (χ1) is 7.58. The average Bonchev–Trinajstić information content (AvgIpc) is 2.70. The van der Waals surface area contributed by atoms with E-state index in [0.29, 0.717) is 0 Å². The first kappa shape index (κ1) is 11.4. The van der Waals surface area contributed by atoms with Gasteiger partial charge in [0.25, 0.3) is 0 Å². The minimum Gasteiger partial charge on any atom is -0.256 e. The molecule has 0 radical (unpaired) electrons. The summed E-state index contributed by atoms with van der Waals surface area (Å²) in [6.45, 7) is 4.63. The van der Waals surface area contributed by atoms with Crippen molar-refractivity contribution in [3.63, 3.8) is 0 Å². The van der Waals surface area contributed by atoms with Gasteiger partial charge in [0.05, 0.1) is 0 Å². The van der Waals surface area contributed by atoms with Gasteiger partial charge in [0, 0.05) is 11.2 Å². The van der Waals surface area contributed by atoms with E-state index in [2.05, 4.69) is 35.3 Å². The van der Waals surface area contributed by atoms with Gasteiger partial charge in [-0.15, -0.1) is 0 Å². The molecule has 2 rings (SSSR count). The lowest BCUT2D eigenvalue weighted by molar-refractivity contribution is 0.725. The summed E-state index contributed by atoms with van der Waals surface area (Å²) in [5.41, 5.74) is 0. The molecular formula is C11H14ClN3Si. The highest BCUT2D eigenvalue weighted by Crippen LogP contribution is 2.10. The van der Waals surface area contributed by atoms with Crippen LogP contribution >= 0.6 is 11.6 Å². The monoisotopic (exact) mass is 251 g/mol. The Labute approximate surface area is 101 Å². The molecule has 0 bridgehead atoms. The minimum absolute atomic E-state index is 0.786. The van der Waals surface area contributed by atoms with Gasteiger partial charge >= 0.3 is 0 Å². The third kappa shape index (κ3) is 2.51. The zero-order valence-corrected chi connectivity index (χ0v) is 11.1. The van der Waals surface area contributed by atoms with Gasteiger partial charge in [0.1, 0.15) is 20.7 Å². The molecule has 0 N–H and O–H groups in total. The Morgan fingerprint density at radius 2 is 1.94 bits per heavy atom. The average molecular weight is 252 g/mol. The summed E-state index contributed by atoms with van der Waals surface area (Å²) < 4.78 is 1.90. The number of nitrogens with zero attached hydrogens (tertiary/aromatic N) is 3. The van der Waals surface area contributed by atoms with Crippen molar-refractivity contribution in [3.8, 4) is 0 Å². The Balaban J connectivity index is 2.21. The largest absolute Gasteiger partial charge is 0.256 e. The quantitative estimate of drug-likeness (QED) is 0.783. The van der Waals surface area contributed by atoms with Gasteiger partial charge in [-0.1, -0.05) is 42.0 Å². The van der Waals surface area contributed by atoms with Gasteiger partial charge in [-0.3, -0.25) is 4.68 Å². The molecule has 3 nitrogen and oxygen atoms in total. The Morgan fingerprint density at radius 3 is 2.50 bits per heavy atom.